The molecule has 0 fully saturated rings. The minimum Gasteiger partial charge on any atom is -0.427 e. The van der Waals surface area contributed by atoms with E-state index in [9.17, 15) is 4.79 Å². The van der Waals surface area contributed by atoms with Gasteiger partial charge in [0.05, 0.1) is 0 Å². The maximum atomic E-state index is 11.0. The van der Waals surface area contributed by atoms with E-state index in [1.54, 1.807) is 7.11 Å². The van der Waals surface area contributed by atoms with Crippen LogP contribution >= 0.6 is 0 Å². The number of rotatable bonds is 7. The molecule has 0 saturated heterocycles. The fraction of sp³-hybridized carbons (Fsp3) is 0.778. The molecule has 0 aliphatic carbocycles. The number of aliphatic imine (C=N–C) groups is 1. The molecule has 0 bridgehead atoms. The molecular weight excluding hydrogens is 182 g/mol. The lowest BCUT2D eigenvalue weighted by Crippen LogP contribution is -2.04. The molecular formula is C9H19NO2Si. The van der Waals surface area contributed by atoms with Crippen molar-refractivity contribution in [2.24, 2.45) is 4.99 Å². The Kier molecular flexibility index (Phi) is 7.83. The molecule has 0 unspecified atom stereocenters. The molecule has 0 rings (SSSR count). The van der Waals surface area contributed by atoms with Gasteiger partial charge in [-0.15, -0.1) is 0 Å². The Labute approximate surface area is 82.5 Å². The number of ketones is 1. The van der Waals surface area contributed by atoms with Gasteiger partial charge in [-0.05, 0) is 13.0 Å². The van der Waals surface area contributed by atoms with Crippen LogP contribution in [0.2, 0.25) is 6.04 Å². The predicted molar refractivity (Wildman–Crippen MR) is 58.3 cm³/mol. The van der Waals surface area contributed by atoms with Crippen LogP contribution in [-0.2, 0) is 9.22 Å². The standard InChI is InChI=1S/C9H19NO2Si/c1-4-9(11)7-8(2)10-5-6-13-12-3/h4-7,13H2,1-3H3. The van der Waals surface area contributed by atoms with Gasteiger partial charge in [-0.1, -0.05) is 6.92 Å². The lowest BCUT2D eigenvalue weighted by molar-refractivity contribution is -0.117. The highest BCUT2D eigenvalue weighted by Crippen LogP contribution is 1.93. The van der Waals surface area contributed by atoms with E-state index in [1.165, 1.54) is 0 Å². The molecule has 0 aromatic rings. The molecule has 0 saturated carbocycles. The van der Waals surface area contributed by atoms with Crippen LogP contribution in [0.15, 0.2) is 4.99 Å². The van der Waals surface area contributed by atoms with E-state index in [2.05, 4.69) is 4.99 Å². The molecule has 0 N–H and O–H groups in total. The third-order valence-electron chi connectivity index (χ3n) is 1.74. The van der Waals surface area contributed by atoms with Crippen molar-refractivity contribution in [3.63, 3.8) is 0 Å². The highest BCUT2D eigenvalue weighted by Gasteiger charge is 1.99. The molecule has 0 spiro atoms. The average molecular weight is 201 g/mol. The summed E-state index contributed by atoms with van der Waals surface area (Å²) < 4.78 is 5.03. The van der Waals surface area contributed by atoms with Gasteiger partial charge in [0.25, 0.3) is 0 Å². The van der Waals surface area contributed by atoms with Crippen molar-refractivity contribution in [1.29, 1.82) is 0 Å². The Balaban J connectivity index is 3.56. The van der Waals surface area contributed by atoms with Crippen molar-refractivity contribution in [2.75, 3.05) is 13.7 Å². The monoisotopic (exact) mass is 201 g/mol. The quantitative estimate of drug-likeness (QED) is 0.350. The third kappa shape index (κ3) is 7.86. The maximum absolute atomic E-state index is 11.0. The minimum absolute atomic E-state index is 0.269. The number of hydrogen-bond acceptors (Lipinski definition) is 3. The first-order valence-corrected chi connectivity index (χ1v) is 6.29. The van der Waals surface area contributed by atoms with E-state index in [0.29, 0.717) is 12.8 Å². The van der Waals surface area contributed by atoms with Crippen LogP contribution < -0.4 is 0 Å². The molecule has 0 amide bonds. The van der Waals surface area contributed by atoms with E-state index >= 15 is 0 Å². The number of carbonyl (C=O) groups is 1. The molecule has 0 aromatic carbocycles. The largest absolute Gasteiger partial charge is 0.427 e. The summed E-state index contributed by atoms with van der Waals surface area (Å²) in [6.45, 7) is 4.62. The molecule has 0 heterocycles. The van der Waals surface area contributed by atoms with Crippen LogP contribution in [-0.4, -0.2) is 34.9 Å². The van der Waals surface area contributed by atoms with Crippen LogP contribution in [0.3, 0.4) is 0 Å². The zero-order valence-electron chi connectivity index (χ0n) is 8.80. The lowest BCUT2D eigenvalue weighted by Gasteiger charge is -1.98. The van der Waals surface area contributed by atoms with Crippen molar-refractivity contribution < 1.29 is 9.22 Å². The Morgan fingerprint density at radius 1 is 1.54 bits per heavy atom. The number of carbonyl (C=O) groups excluding carboxylic acids is 1. The Hall–Kier alpha value is -0.483. The summed E-state index contributed by atoms with van der Waals surface area (Å²) in [5.74, 6) is 0.269. The van der Waals surface area contributed by atoms with E-state index in [0.717, 1.165) is 18.3 Å². The summed E-state index contributed by atoms with van der Waals surface area (Å²) >= 11 is 0. The average Bonchev–Trinajstić information content (AvgIpc) is 2.12. The Bertz CT molecular complexity index is 180. The minimum atomic E-state index is -0.346. The van der Waals surface area contributed by atoms with Gasteiger partial charge in [0.1, 0.15) is 5.78 Å². The second-order valence-corrected chi connectivity index (χ2v) is 4.73. The summed E-state index contributed by atoms with van der Waals surface area (Å²) in [6, 6.07) is 1.06. The van der Waals surface area contributed by atoms with Gasteiger partial charge in [0.15, 0.2) is 9.76 Å². The van der Waals surface area contributed by atoms with Crippen LogP contribution in [0.1, 0.15) is 26.7 Å². The highest BCUT2D eigenvalue weighted by atomic mass is 28.2. The topological polar surface area (TPSA) is 38.7 Å². The van der Waals surface area contributed by atoms with Crippen molar-refractivity contribution in [1.82, 2.24) is 0 Å². The van der Waals surface area contributed by atoms with Crippen molar-refractivity contribution in [3.05, 3.63) is 0 Å². The fourth-order valence-electron chi connectivity index (χ4n) is 0.945. The fourth-order valence-corrected chi connectivity index (χ4v) is 1.52. The van der Waals surface area contributed by atoms with E-state index < -0.39 is 0 Å². The second kappa shape index (κ2) is 8.13. The van der Waals surface area contributed by atoms with Gasteiger partial charge in [-0.2, -0.15) is 0 Å². The zero-order chi connectivity index (χ0) is 10.1. The zero-order valence-corrected chi connectivity index (χ0v) is 10.2. The number of hydrogen-bond donors (Lipinski definition) is 0. The third-order valence-corrected chi connectivity index (χ3v) is 2.75. The summed E-state index contributed by atoms with van der Waals surface area (Å²) in [7, 11) is 1.39. The second-order valence-electron chi connectivity index (χ2n) is 3.03. The van der Waals surface area contributed by atoms with Gasteiger partial charge in [-0.25, -0.2) is 0 Å². The predicted octanol–water partition coefficient (Wildman–Crippen LogP) is 0.965. The summed E-state index contributed by atoms with van der Waals surface area (Å²) in [4.78, 5) is 15.3. The van der Waals surface area contributed by atoms with Crippen molar-refractivity contribution in [2.45, 2.75) is 32.7 Å². The molecule has 0 radical (unpaired) electrons. The molecule has 4 heteroatoms. The van der Waals surface area contributed by atoms with Crippen molar-refractivity contribution in [3.8, 4) is 0 Å². The smallest absolute Gasteiger partial charge is 0.162 e. The van der Waals surface area contributed by atoms with Crippen LogP contribution in [0.25, 0.3) is 0 Å². The maximum Gasteiger partial charge on any atom is 0.162 e. The molecule has 0 aromatic heterocycles. The van der Waals surface area contributed by atoms with Gasteiger partial charge >= 0.3 is 0 Å². The Morgan fingerprint density at radius 3 is 2.77 bits per heavy atom. The number of nitrogens with zero attached hydrogens (tertiary/aromatic N) is 1. The van der Waals surface area contributed by atoms with Crippen LogP contribution in [0.4, 0.5) is 0 Å². The SMILES string of the molecule is CCC(=O)CC(C)=NCC[SiH2]OC. The first-order chi connectivity index (χ1) is 6.20. The summed E-state index contributed by atoms with van der Waals surface area (Å²) in [5, 5.41) is 0. The Morgan fingerprint density at radius 2 is 2.23 bits per heavy atom. The normalized spacial score (nSPS) is 12.7. The van der Waals surface area contributed by atoms with E-state index in [4.69, 9.17) is 4.43 Å². The van der Waals surface area contributed by atoms with Crippen LogP contribution in [0, 0.1) is 0 Å². The summed E-state index contributed by atoms with van der Waals surface area (Å²) in [6.07, 6.45) is 1.13. The van der Waals surface area contributed by atoms with Gasteiger partial charge < -0.3 is 4.43 Å². The van der Waals surface area contributed by atoms with E-state index in [1.807, 2.05) is 13.8 Å². The molecule has 76 valence electrons. The molecule has 3 nitrogen and oxygen atoms in total. The molecule has 13 heavy (non-hydrogen) atoms. The van der Waals surface area contributed by atoms with E-state index in [-0.39, 0.29) is 15.5 Å². The molecule has 0 atom stereocenters. The molecule has 0 aliphatic heterocycles. The van der Waals surface area contributed by atoms with Gasteiger partial charge in [0, 0.05) is 32.2 Å². The first kappa shape index (κ1) is 12.5. The highest BCUT2D eigenvalue weighted by molar-refractivity contribution is 6.27. The van der Waals surface area contributed by atoms with Gasteiger partial charge in [-0.3, -0.25) is 9.79 Å². The first-order valence-electron chi connectivity index (χ1n) is 4.71. The lowest BCUT2D eigenvalue weighted by atomic mass is 10.2. The van der Waals surface area contributed by atoms with Crippen LogP contribution in [0.5, 0.6) is 0 Å². The molecule has 0 aliphatic rings. The van der Waals surface area contributed by atoms with Crippen molar-refractivity contribution >= 4 is 21.3 Å². The van der Waals surface area contributed by atoms with Gasteiger partial charge in [0.2, 0.25) is 0 Å². The number of Topliss-reactive ketones (excluding diaryl/α,β-unsaturated/α-hetero) is 1. The summed E-state index contributed by atoms with van der Waals surface area (Å²) in [5.41, 5.74) is 0.956.